The average molecular weight is 537 g/mol. The first-order chi connectivity index (χ1) is 18.8. The van der Waals surface area contributed by atoms with Crippen molar-refractivity contribution in [2.75, 3.05) is 19.0 Å². The van der Waals surface area contributed by atoms with Crippen LogP contribution in [0.4, 0.5) is 10.5 Å². The lowest BCUT2D eigenvalue weighted by atomic mass is 10.2. The number of pyridine rings is 1. The molecule has 39 heavy (non-hydrogen) atoms. The molecule has 0 fully saturated rings. The van der Waals surface area contributed by atoms with Gasteiger partial charge in [0.1, 0.15) is 11.5 Å². The number of carbonyl (C=O) groups is 3. The van der Waals surface area contributed by atoms with Gasteiger partial charge in [-0.25, -0.2) is 19.4 Å². The van der Waals surface area contributed by atoms with Gasteiger partial charge in [-0.3, -0.25) is 14.5 Å². The van der Waals surface area contributed by atoms with E-state index in [0.29, 0.717) is 53.7 Å². The van der Waals surface area contributed by atoms with E-state index in [-0.39, 0.29) is 5.76 Å². The molecule has 0 bridgehead atoms. The van der Waals surface area contributed by atoms with Crippen LogP contribution in [-0.2, 0) is 32.3 Å². The molecule has 0 aliphatic heterocycles. The molecule has 1 amide bonds. The molecule has 0 unspecified atom stereocenters. The Morgan fingerprint density at radius 2 is 1.90 bits per heavy atom. The molecule has 13 heteroatoms. The number of hydrogen-bond donors (Lipinski definition) is 1. The lowest BCUT2D eigenvalue weighted by Gasteiger charge is -2.04. The molecule has 0 aliphatic rings. The summed E-state index contributed by atoms with van der Waals surface area (Å²) in [4.78, 5) is 50.4. The van der Waals surface area contributed by atoms with Gasteiger partial charge in [0.2, 0.25) is 0 Å². The first kappa shape index (κ1) is 27.3. The van der Waals surface area contributed by atoms with Crippen molar-refractivity contribution in [1.82, 2.24) is 24.5 Å². The monoisotopic (exact) mass is 536 g/mol. The summed E-state index contributed by atoms with van der Waals surface area (Å²) in [7, 11) is 1.60. The number of carbonyl (C=O) groups excluding carboxylic acids is 3. The summed E-state index contributed by atoms with van der Waals surface area (Å²) in [6.45, 7) is 5.99. The Bertz CT molecular complexity index is 1450. The maximum atomic E-state index is 13.1. The molecule has 4 rings (SSSR count). The quantitative estimate of drug-likeness (QED) is 0.246. The smallest absolute Gasteiger partial charge is 0.451 e. The fraction of sp³-hybridized carbons (Fsp3) is 0.308. The van der Waals surface area contributed by atoms with E-state index >= 15 is 0 Å². The van der Waals surface area contributed by atoms with Gasteiger partial charge in [0.05, 0.1) is 41.7 Å². The number of methoxy groups -OCH3 is 1. The second-order valence-electron chi connectivity index (χ2n) is 8.67. The van der Waals surface area contributed by atoms with Crippen molar-refractivity contribution >= 4 is 23.7 Å². The molecule has 1 N–H and O–H groups in total. The molecule has 0 saturated carbocycles. The normalized spacial score (nSPS) is 11.0. The number of nitrogens with one attached hydrogen (secondary N) is 1. The summed E-state index contributed by atoms with van der Waals surface area (Å²) in [6.07, 6.45) is 4.18. The van der Waals surface area contributed by atoms with Crippen molar-refractivity contribution in [2.45, 2.75) is 33.7 Å². The van der Waals surface area contributed by atoms with Crippen LogP contribution in [0.15, 0.2) is 53.3 Å². The summed E-state index contributed by atoms with van der Waals surface area (Å²) in [5, 5.41) is 11.6. The highest BCUT2D eigenvalue weighted by Gasteiger charge is 2.22. The molecule has 0 saturated heterocycles. The van der Waals surface area contributed by atoms with Crippen LogP contribution in [0.5, 0.6) is 0 Å². The van der Waals surface area contributed by atoms with Gasteiger partial charge in [-0.15, -0.1) is 0 Å². The molecular weight excluding hydrogens is 508 g/mol. The molecule has 0 spiro atoms. The number of amides is 1. The molecule has 204 valence electrons. The van der Waals surface area contributed by atoms with E-state index in [9.17, 15) is 14.4 Å². The van der Waals surface area contributed by atoms with Crippen molar-refractivity contribution in [3.05, 3.63) is 60.4 Å². The standard InChI is InChI=1S/C26H28N6O7/c1-5-18-17(14-32(29-18)26(35)39-38-25(34)16(2)3)21-9-10-22(37-21)24(33)28-20-15-31(12-13-36-4)30-23(20)19-8-6-7-11-27-19/h6-11,14-16H,5,12-13H2,1-4H3,(H,28,33). The third-order valence-corrected chi connectivity index (χ3v) is 5.52. The van der Waals surface area contributed by atoms with Crippen molar-refractivity contribution in [3.8, 4) is 22.7 Å². The number of rotatable bonds is 9. The van der Waals surface area contributed by atoms with Crippen LogP contribution < -0.4 is 5.32 Å². The summed E-state index contributed by atoms with van der Waals surface area (Å²) in [6, 6.07) is 8.53. The Hall–Kier alpha value is -4.78. The number of furan rings is 1. The van der Waals surface area contributed by atoms with Gasteiger partial charge in [0.15, 0.2) is 5.76 Å². The molecule has 0 radical (unpaired) electrons. The lowest BCUT2D eigenvalue weighted by Crippen LogP contribution is -2.19. The molecule has 13 nitrogen and oxygen atoms in total. The Balaban J connectivity index is 1.53. The van der Waals surface area contributed by atoms with Crippen LogP contribution in [0.3, 0.4) is 0 Å². The van der Waals surface area contributed by atoms with E-state index in [4.69, 9.17) is 9.15 Å². The summed E-state index contributed by atoms with van der Waals surface area (Å²) >= 11 is 0. The number of anilines is 1. The molecule has 4 heterocycles. The fourth-order valence-corrected chi connectivity index (χ4v) is 3.47. The number of nitrogens with zero attached hydrogens (tertiary/aromatic N) is 5. The van der Waals surface area contributed by atoms with E-state index in [1.54, 1.807) is 56.2 Å². The lowest BCUT2D eigenvalue weighted by molar-refractivity contribution is -0.236. The Morgan fingerprint density at radius 3 is 2.59 bits per heavy atom. The third kappa shape index (κ3) is 6.38. The average Bonchev–Trinajstić information content (AvgIpc) is 3.69. The Morgan fingerprint density at radius 1 is 1.08 bits per heavy atom. The van der Waals surface area contributed by atoms with E-state index in [0.717, 1.165) is 4.68 Å². The first-order valence-electron chi connectivity index (χ1n) is 12.2. The van der Waals surface area contributed by atoms with Gasteiger partial charge >= 0.3 is 12.1 Å². The van der Waals surface area contributed by atoms with E-state index in [1.807, 2.05) is 13.0 Å². The summed E-state index contributed by atoms with van der Waals surface area (Å²) in [5.74, 6) is -1.32. The van der Waals surface area contributed by atoms with Crippen LogP contribution >= 0.6 is 0 Å². The highest BCUT2D eigenvalue weighted by Crippen LogP contribution is 2.28. The highest BCUT2D eigenvalue weighted by atomic mass is 17.2. The molecular formula is C26H28N6O7. The van der Waals surface area contributed by atoms with Crippen LogP contribution in [-0.4, -0.2) is 56.2 Å². The van der Waals surface area contributed by atoms with Gasteiger partial charge in [0, 0.05) is 25.7 Å². The van der Waals surface area contributed by atoms with Gasteiger partial charge in [-0.1, -0.05) is 26.8 Å². The van der Waals surface area contributed by atoms with Crippen molar-refractivity contribution < 1.29 is 33.3 Å². The van der Waals surface area contributed by atoms with Gasteiger partial charge in [0.25, 0.3) is 5.91 Å². The molecule has 0 aromatic carbocycles. The van der Waals surface area contributed by atoms with E-state index < -0.39 is 23.9 Å². The molecule has 4 aromatic heterocycles. The van der Waals surface area contributed by atoms with Crippen LogP contribution in [0, 0.1) is 5.92 Å². The zero-order valence-corrected chi connectivity index (χ0v) is 21.9. The third-order valence-electron chi connectivity index (χ3n) is 5.52. The number of hydrogen-bond acceptors (Lipinski definition) is 10. The highest BCUT2D eigenvalue weighted by molar-refractivity contribution is 6.04. The number of aromatic nitrogens is 5. The van der Waals surface area contributed by atoms with Crippen LogP contribution in [0.25, 0.3) is 22.7 Å². The minimum absolute atomic E-state index is 0.0323. The first-order valence-corrected chi connectivity index (χ1v) is 12.2. The topological polar surface area (TPSA) is 153 Å². The second-order valence-corrected chi connectivity index (χ2v) is 8.67. The van der Waals surface area contributed by atoms with Crippen molar-refractivity contribution in [1.29, 1.82) is 0 Å². The summed E-state index contributed by atoms with van der Waals surface area (Å²) < 4.78 is 13.5. The zero-order chi connectivity index (χ0) is 27.9. The van der Waals surface area contributed by atoms with Crippen molar-refractivity contribution in [2.24, 2.45) is 5.92 Å². The predicted octanol–water partition coefficient (Wildman–Crippen LogP) is 3.96. The minimum atomic E-state index is -0.998. The van der Waals surface area contributed by atoms with Gasteiger partial charge < -0.3 is 14.5 Å². The Labute approximate surface area is 223 Å². The number of ether oxygens (including phenoxy) is 1. The largest absolute Gasteiger partial charge is 0.477 e. The summed E-state index contributed by atoms with van der Waals surface area (Å²) in [5.41, 5.74) is 2.53. The second kappa shape index (κ2) is 12.2. The van der Waals surface area contributed by atoms with Gasteiger partial charge in [-0.05, 0) is 30.7 Å². The van der Waals surface area contributed by atoms with E-state index in [2.05, 4.69) is 30.3 Å². The van der Waals surface area contributed by atoms with E-state index in [1.165, 1.54) is 12.3 Å². The Kier molecular flexibility index (Phi) is 8.51. The van der Waals surface area contributed by atoms with Crippen LogP contribution in [0.2, 0.25) is 0 Å². The SMILES string of the molecule is CCc1nn(C(=O)OOC(=O)C(C)C)cc1-c1ccc(C(=O)Nc2cn(CCOC)nc2-c2ccccn2)o1. The maximum Gasteiger partial charge on any atom is 0.477 e. The van der Waals surface area contributed by atoms with Gasteiger partial charge in [-0.2, -0.15) is 14.9 Å². The minimum Gasteiger partial charge on any atom is -0.451 e. The molecule has 0 atom stereocenters. The zero-order valence-electron chi connectivity index (χ0n) is 21.9. The number of aryl methyl sites for hydroxylation is 1. The predicted molar refractivity (Wildman–Crippen MR) is 137 cm³/mol. The van der Waals surface area contributed by atoms with Crippen molar-refractivity contribution in [3.63, 3.8) is 0 Å². The fourth-order valence-electron chi connectivity index (χ4n) is 3.47. The van der Waals surface area contributed by atoms with Crippen LogP contribution in [0.1, 0.15) is 37.0 Å². The molecule has 0 aliphatic carbocycles. The molecule has 4 aromatic rings. The maximum absolute atomic E-state index is 13.1.